The molecular weight excluding hydrogens is 1090 g/mol. The zero-order chi connectivity index (χ0) is 52.0. The van der Waals surface area contributed by atoms with E-state index in [4.69, 9.17) is 31.6 Å². The number of halogens is 1. The van der Waals surface area contributed by atoms with Gasteiger partial charge in [0.2, 0.25) is 0 Å². The first-order valence-corrected chi connectivity index (χ1v) is 35.2. The van der Waals surface area contributed by atoms with Gasteiger partial charge in [0.05, 0.1) is 5.52 Å². The third-order valence-corrected chi connectivity index (χ3v) is 25.4. The van der Waals surface area contributed by atoms with E-state index in [9.17, 15) is 0 Å². The fraction of sp³-hybridized carbons (Fsp3) is 0.847. The summed E-state index contributed by atoms with van der Waals surface area (Å²) in [7, 11) is 0. The summed E-state index contributed by atoms with van der Waals surface area (Å²) >= 11 is 0. The number of pyridine rings is 1. The van der Waals surface area contributed by atoms with Gasteiger partial charge < -0.3 is 39.0 Å². The molecule has 80 heavy (non-hydrogen) atoms. The Labute approximate surface area is 507 Å². The van der Waals surface area contributed by atoms with E-state index < -0.39 is 0 Å². The first-order valence-electron chi connectivity index (χ1n) is 35.2. The van der Waals surface area contributed by atoms with E-state index in [1.807, 2.05) is 6.20 Å². The summed E-state index contributed by atoms with van der Waals surface area (Å²) in [5.41, 5.74) is 6.75. The standard InChI is InChI=1S/2C24H40N2.C24H29N2.ClH.Ru/c3*1-3-7-17(8-4-1)19-13-15-25-23-21(19)11-12-22-20(14-16-26-24(22)23)18-9-5-2-6-10-18;;/h2*17-24H,1-16H2;11-15,17-18H,1-10,16H2;1H;/q2*-2;-1;;+2/p-1. The fourth-order valence-electron chi connectivity index (χ4n) is 21.8. The second kappa shape index (κ2) is 29.5. The average Bonchev–Trinajstić information content (AvgIpc) is 3.73. The fourth-order valence-corrected chi connectivity index (χ4v) is 21.8. The molecule has 8 aliphatic carbocycles. The van der Waals surface area contributed by atoms with Crippen molar-refractivity contribution in [1.82, 2.24) is 4.98 Å². The van der Waals surface area contributed by atoms with Crippen LogP contribution in [-0.4, -0.2) is 61.9 Å². The number of benzene rings is 1. The third-order valence-electron chi connectivity index (χ3n) is 25.4. The molecule has 0 bridgehead atoms. The van der Waals surface area contributed by atoms with Crippen LogP contribution in [0.4, 0.5) is 5.69 Å². The van der Waals surface area contributed by atoms with E-state index in [0.29, 0.717) is 30.1 Å². The van der Waals surface area contributed by atoms with Crippen LogP contribution in [0.5, 0.6) is 0 Å². The Hall–Kier alpha value is -1.08. The van der Waals surface area contributed by atoms with Crippen molar-refractivity contribution in [3.05, 3.63) is 68.2 Å². The van der Waals surface area contributed by atoms with Crippen molar-refractivity contribution in [3.8, 4) is 0 Å². The Balaban J connectivity index is 0.000000125. The molecule has 1 aromatic heterocycles. The summed E-state index contributed by atoms with van der Waals surface area (Å²) in [6.07, 6.45) is 59.7. The molecule has 15 rings (SSSR count). The maximum atomic E-state index is 5.27. The van der Waals surface area contributed by atoms with Crippen molar-refractivity contribution in [1.29, 1.82) is 0 Å². The van der Waals surface area contributed by atoms with Crippen LogP contribution in [0.2, 0.25) is 0 Å². The smallest absolute Gasteiger partial charge is 1.00 e. The molecule has 1 aromatic carbocycles. The van der Waals surface area contributed by atoms with Crippen LogP contribution in [0.1, 0.15) is 261 Å². The predicted octanol–water partition coefficient (Wildman–Crippen LogP) is 17.7. The maximum absolute atomic E-state index is 5.27. The molecule has 0 amide bonds. The Bertz CT molecular complexity index is 2050. The zero-order valence-electron chi connectivity index (χ0n) is 50.1. The summed E-state index contributed by atoms with van der Waals surface area (Å²) in [5, 5.41) is 27.3. The van der Waals surface area contributed by atoms with Gasteiger partial charge in [0.25, 0.3) is 0 Å². The van der Waals surface area contributed by atoms with Crippen LogP contribution in [0.15, 0.2) is 30.5 Å². The molecule has 6 nitrogen and oxygen atoms in total. The summed E-state index contributed by atoms with van der Waals surface area (Å²) in [5.74, 6) is 13.1. The van der Waals surface area contributed by atoms with Crippen molar-refractivity contribution in [2.45, 2.75) is 274 Å². The van der Waals surface area contributed by atoms with Crippen LogP contribution in [0, 0.1) is 76.9 Å². The van der Waals surface area contributed by atoms with E-state index in [1.165, 1.54) is 266 Å². The second-order valence-electron chi connectivity index (χ2n) is 29.2. The van der Waals surface area contributed by atoms with E-state index in [2.05, 4.69) is 24.3 Å². The van der Waals surface area contributed by atoms with Crippen molar-refractivity contribution in [3.63, 3.8) is 0 Å². The van der Waals surface area contributed by atoms with Gasteiger partial charge in [-0.05, 0) is 108 Å². The summed E-state index contributed by atoms with van der Waals surface area (Å²) in [4.78, 5) is 4.81. The monoisotopic (exact) mass is 1190 g/mol. The number of piperidine rings is 4. The Kier molecular flexibility index (Phi) is 22.4. The Morgan fingerprint density at radius 2 is 0.700 bits per heavy atom. The largest absolute Gasteiger partial charge is 2.00 e. The number of hydrogen-bond acceptors (Lipinski definition) is 1. The minimum atomic E-state index is 0. The molecule has 8 heteroatoms. The van der Waals surface area contributed by atoms with Gasteiger partial charge in [0.15, 0.2) is 0 Å². The third kappa shape index (κ3) is 13.4. The quantitative estimate of drug-likeness (QED) is 0.265. The van der Waals surface area contributed by atoms with Crippen molar-refractivity contribution in [2.75, 3.05) is 32.7 Å². The topological polar surface area (TPSA) is 83.4 Å². The minimum Gasteiger partial charge on any atom is -1.00 e. The Morgan fingerprint density at radius 1 is 0.350 bits per heavy atom. The molecule has 446 valence electrons. The molecule has 5 aliphatic heterocycles. The summed E-state index contributed by atoms with van der Waals surface area (Å²) in [6.45, 7) is 5.42. The number of fused-ring (bicyclic) bond motifs is 9. The first kappa shape index (κ1) is 60.6. The molecule has 12 atom stereocenters. The molecule has 8 saturated carbocycles. The van der Waals surface area contributed by atoms with Gasteiger partial charge in [0, 0.05) is 11.6 Å². The van der Waals surface area contributed by atoms with E-state index in [1.54, 1.807) is 5.57 Å². The van der Waals surface area contributed by atoms with Gasteiger partial charge in [-0.3, -0.25) is 4.98 Å². The molecule has 12 fully saturated rings. The van der Waals surface area contributed by atoms with Gasteiger partial charge >= 0.3 is 19.5 Å². The maximum Gasteiger partial charge on any atom is 2.00 e. The van der Waals surface area contributed by atoms with Crippen LogP contribution in [0.25, 0.3) is 43.1 Å². The first-order chi connectivity index (χ1) is 38.7. The van der Waals surface area contributed by atoms with Gasteiger partial charge in [-0.25, -0.2) is 0 Å². The number of nitrogens with zero attached hydrogens (tertiary/aromatic N) is 6. The molecule has 12 unspecified atom stereocenters. The number of aromatic nitrogens is 1. The predicted molar refractivity (Wildman–Crippen MR) is 329 cm³/mol. The Morgan fingerprint density at radius 3 is 1.07 bits per heavy atom. The number of hydrogen-bond donors (Lipinski definition) is 0. The summed E-state index contributed by atoms with van der Waals surface area (Å²) in [6, 6.07) is 9.42. The van der Waals surface area contributed by atoms with Gasteiger partial charge in [-0.1, -0.05) is 260 Å². The van der Waals surface area contributed by atoms with E-state index >= 15 is 0 Å². The second-order valence-corrected chi connectivity index (χ2v) is 29.2. The minimum absolute atomic E-state index is 0. The average molecular weight is 1200 g/mol. The van der Waals surface area contributed by atoms with Crippen LogP contribution in [0.3, 0.4) is 0 Å². The van der Waals surface area contributed by atoms with Crippen molar-refractivity contribution < 1.29 is 31.9 Å². The van der Waals surface area contributed by atoms with Crippen LogP contribution < -0.4 is 12.4 Å². The number of allylic oxidation sites excluding steroid dienone is 1. The molecule has 0 N–H and O–H groups in total. The molecule has 6 heterocycles. The van der Waals surface area contributed by atoms with Gasteiger partial charge in [0.1, 0.15) is 0 Å². The molecule has 0 spiro atoms. The van der Waals surface area contributed by atoms with Gasteiger partial charge in [-0.2, -0.15) is 0 Å². The van der Waals surface area contributed by atoms with E-state index in [0.717, 1.165) is 115 Å². The molecule has 0 radical (unpaired) electrons. The van der Waals surface area contributed by atoms with Crippen molar-refractivity contribution in [2.24, 2.45) is 76.9 Å². The summed E-state index contributed by atoms with van der Waals surface area (Å²) < 4.78 is 0. The SMILES string of the molecule is C1=C(C2CCCCC2)c2ccc3c(C4CCCCC4)ccnc3c2[N-]C1.C1CCC(C2CC[N-]C3C2CCC2C(C4CCCCC4)CC[N-]C23)CC1.C1CCC(C2CC[N-]C3C2CCC2C(C4CCCCC4)CC[N-]C23)CC1.[Cl-].[Ru+2]. The van der Waals surface area contributed by atoms with Gasteiger partial charge in [-0.15, -0.1) is 62.6 Å². The van der Waals surface area contributed by atoms with Crippen LogP contribution >= 0.6 is 0 Å². The molecule has 2 aromatic rings. The van der Waals surface area contributed by atoms with Crippen molar-refractivity contribution >= 4 is 22.2 Å². The molecular formula is C72H109ClN6Ru-4. The normalized spacial score (nSPS) is 36.8. The molecule has 4 saturated heterocycles. The zero-order valence-corrected chi connectivity index (χ0v) is 52.6. The molecule has 13 aliphatic rings. The van der Waals surface area contributed by atoms with Crippen LogP contribution in [-0.2, 0) is 19.5 Å². The number of rotatable bonds is 6. The van der Waals surface area contributed by atoms with E-state index in [-0.39, 0.29) is 31.9 Å².